The monoisotopic (exact) mass is 220 g/mol. The Morgan fingerprint density at radius 3 is 2.91 bits per heavy atom. The van der Waals surface area contributed by atoms with Crippen molar-refractivity contribution in [2.45, 2.75) is 19.4 Å². The standard InChI is InChI=1S/C8H15BrNO/c1-8(2)7-11-6-5-10(8)4-3-9/h4H,3,5-7H2,1-2H3. The minimum absolute atomic E-state index is 0.173. The Bertz CT molecular complexity index is 125. The first-order valence-electron chi connectivity index (χ1n) is 3.90. The molecule has 0 bridgehead atoms. The smallest absolute Gasteiger partial charge is 0.0645 e. The average Bonchev–Trinajstić information content (AvgIpc) is 1.94. The molecule has 0 aliphatic carbocycles. The van der Waals surface area contributed by atoms with Crippen LogP contribution in [0, 0.1) is 6.54 Å². The lowest BCUT2D eigenvalue weighted by Crippen LogP contribution is -2.51. The van der Waals surface area contributed by atoms with E-state index in [9.17, 15) is 0 Å². The Kier molecular flexibility index (Phi) is 3.34. The van der Waals surface area contributed by atoms with Crippen molar-refractivity contribution < 1.29 is 4.74 Å². The molecule has 1 aliphatic heterocycles. The first-order chi connectivity index (χ1) is 5.17. The first-order valence-corrected chi connectivity index (χ1v) is 5.03. The molecule has 1 aliphatic rings. The molecule has 1 rings (SSSR count). The number of morpholine rings is 1. The molecule has 0 spiro atoms. The van der Waals surface area contributed by atoms with Crippen molar-refractivity contribution in [1.29, 1.82) is 0 Å². The number of ether oxygens (including phenoxy) is 1. The molecule has 11 heavy (non-hydrogen) atoms. The molecule has 1 fully saturated rings. The first kappa shape index (κ1) is 9.49. The van der Waals surface area contributed by atoms with E-state index in [4.69, 9.17) is 4.74 Å². The molecule has 2 nitrogen and oxygen atoms in total. The highest BCUT2D eigenvalue weighted by Gasteiger charge is 2.29. The molecule has 0 aromatic carbocycles. The highest BCUT2D eigenvalue weighted by atomic mass is 79.9. The lowest BCUT2D eigenvalue weighted by molar-refractivity contribution is -0.0346. The van der Waals surface area contributed by atoms with E-state index in [1.165, 1.54) is 0 Å². The van der Waals surface area contributed by atoms with Gasteiger partial charge in [0.1, 0.15) is 0 Å². The molecule has 65 valence electrons. The van der Waals surface area contributed by atoms with Crippen molar-refractivity contribution >= 4 is 15.9 Å². The molecule has 0 atom stereocenters. The molecule has 0 aromatic rings. The number of hydrogen-bond donors (Lipinski definition) is 0. The van der Waals surface area contributed by atoms with Crippen LogP contribution in [0.3, 0.4) is 0 Å². The Morgan fingerprint density at radius 1 is 1.64 bits per heavy atom. The summed E-state index contributed by atoms with van der Waals surface area (Å²) >= 11 is 3.40. The zero-order valence-corrected chi connectivity index (χ0v) is 8.73. The van der Waals surface area contributed by atoms with Gasteiger partial charge in [0.25, 0.3) is 0 Å². The Labute approximate surface area is 77.0 Å². The van der Waals surface area contributed by atoms with Gasteiger partial charge in [-0.3, -0.25) is 4.90 Å². The van der Waals surface area contributed by atoms with Gasteiger partial charge in [0.05, 0.1) is 13.2 Å². The summed E-state index contributed by atoms with van der Waals surface area (Å²) in [5.74, 6) is 0. The van der Waals surface area contributed by atoms with Gasteiger partial charge in [-0.15, -0.1) is 0 Å². The van der Waals surface area contributed by atoms with Gasteiger partial charge in [0, 0.05) is 24.0 Å². The largest absolute Gasteiger partial charge is 0.378 e. The normalized spacial score (nSPS) is 25.4. The van der Waals surface area contributed by atoms with Crippen LogP contribution in [-0.2, 0) is 4.74 Å². The van der Waals surface area contributed by atoms with E-state index in [1.54, 1.807) is 0 Å². The highest BCUT2D eigenvalue weighted by molar-refractivity contribution is 9.09. The van der Waals surface area contributed by atoms with Crippen molar-refractivity contribution in [1.82, 2.24) is 4.90 Å². The summed E-state index contributed by atoms with van der Waals surface area (Å²) in [5, 5.41) is 0.927. The number of hydrogen-bond acceptors (Lipinski definition) is 2. The number of halogens is 1. The molecule has 3 heteroatoms. The predicted molar refractivity (Wildman–Crippen MR) is 49.7 cm³/mol. The molecule has 0 aromatic heterocycles. The molecule has 0 amide bonds. The molecule has 1 saturated heterocycles. The van der Waals surface area contributed by atoms with E-state index in [2.05, 4.69) is 41.2 Å². The molecule has 0 N–H and O–H groups in total. The maximum atomic E-state index is 5.38. The highest BCUT2D eigenvalue weighted by Crippen LogP contribution is 2.20. The van der Waals surface area contributed by atoms with Crippen LogP contribution in [0.5, 0.6) is 0 Å². The summed E-state index contributed by atoms with van der Waals surface area (Å²) < 4.78 is 5.38. The zero-order valence-electron chi connectivity index (χ0n) is 7.14. The third-order valence-electron chi connectivity index (χ3n) is 2.00. The van der Waals surface area contributed by atoms with Crippen LogP contribution in [0.2, 0.25) is 0 Å². The van der Waals surface area contributed by atoms with Crippen molar-refractivity contribution in [3.05, 3.63) is 6.54 Å². The van der Waals surface area contributed by atoms with Crippen LogP contribution in [0.4, 0.5) is 0 Å². The number of rotatable bonds is 2. The van der Waals surface area contributed by atoms with Crippen LogP contribution in [0.15, 0.2) is 0 Å². The third kappa shape index (κ3) is 2.42. The SMILES string of the molecule is CC1(C)COCCN1[CH]CBr. The fourth-order valence-corrected chi connectivity index (χ4v) is 1.64. The van der Waals surface area contributed by atoms with Crippen molar-refractivity contribution in [2.75, 3.05) is 25.1 Å². The molecular weight excluding hydrogens is 206 g/mol. The second-order valence-corrected chi connectivity index (χ2v) is 4.04. The Hall–Kier alpha value is 0.400. The van der Waals surface area contributed by atoms with Gasteiger partial charge in [-0.25, -0.2) is 0 Å². The summed E-state index contributed by atoms with van der Waals surface area (Å²) in [6.07, 6.45) is 0. The van der Waals surface area contributed by atoms with E-state index >= 15 is 0 Å². The van der Waals surface area contributed by atoms with Crippen LogP contribution in [0.1, 0.15) is 13.8 Å². The quantitative estimate of drug-likeness (QED) is 0.657. The van der Waals surface area contributed by atoms with Gasteiger partial charge in [0.2, 0.25) is 0 Å². The third-order valence-corrected chi connectivity index (χ3v) is 2.29. The summed E-state index contributed by atoms with van der Waals surface area (Å²) in [4.78, 5) is 2.34. The van der Waals surface area contributed by atoms with Crippen molar-refractivity contribution in [2.24, 2.45) is 0 Å². The van der Waals surface area contributed by atoms with Gasteiger partial charge in [0.15, 0.2) is 0 Å². The van der Waals surface area contributed by atoms with Crippen molar-refractivity contribution in [3.63, 3.8) is 0 Å². The summed E-state index contributed by atoms with van der Waals surface area (Å²) in [6.45, 7) is 9.28. The maximum Gasteiger partial charge on any atom is 0.0645 e. The minimum Gasteiger partial charge on any atom is -0.378 e. The van der Waals surface area contributed by atoms with E-state index in [1.807, 2.05) is 0 Å². The average molecular weight is 221 g/mol. The Morgan fingerprint density at radius 2 is 2.36 bits per heavy atom. The molecule has 1 heterocycles. The van der Waals surface area contributed by atoms with Gasteiger partial charge >= 0.3 is 0 Å². The fourth-order valence-electron chi connectivity index (χ4n) is 1.29. The number of nitrogens with zero attached hydrogens (tertiary/aromatic N) is 1. The topological polar surface area (TPSA) is 12.5 Å². The van der Waals surface area contributed by atoms with Crippen molar-refractivity contribution in [3.8, 4) is 0 Å². The predicted octanol–water partition coefficient (Wildman–Crippen LogP) is 1.65. The fraction of sp³-hybridized carbons (Fsp3) is 0.875. The van der Waals surface area contributed by atoms with Crippen LogP contribution >= 0.6 is 15.9 Å². The number of alkyl halides is 1. The molecule has 0 saturated carbocycles. The van der Waals surface area contributed by atoms with E-state index in [-0.39, 0.29) is 5.54 Å². The minimum atomic E-state index is 0.173. The van der Waals surface area contributed by atoms with Gasteiger partial charge < -0.3 is 4.74 Å². The molecular formula is C8H15BrNO. The lowest BCUT2D eigenvalue weighted by Gasteiger charge is -2.41. The lowest BCUT2D eigenvalue weighted by atomic mass is 10.0. The zero-order chi connectivity index (χ0) is 8.32. The molecule has 0 unspecified atom stereocenters. The summed E-state index contributed by atoms with van der Waals surface area (Å²) in [7, 11) is 0. The van der Waals surface area contributed by atoms with Crippen LogP contribution < -0.4 is 0 Å². The van der Waals surface area contributed by atoms with E-state index < -0.39 is 0 Å². The van der Waals surface area contributed by atoms with Crippen LogP contribution in [0.25, 0.3) is 0 Å². The summed E-state index contributed by atoms with van der Waals surface area (Å²) in [6, 6.07) is 0. The summed E-state index contributed by atoms with van der Waals surface area (Å²) in [5.41, 5.74) is 0.173. The van der Waals surface area contributed by atoms with Gasteiger partial charge in [-0.2, -0.15) is 0 Å². The second-order valence-electron chi connectivity index (χ2n) is 3.40. The second kappa shape index (κ2) is 3.87. The maximum absolute atomic E-state index is 5.38. The van der Waals surface area contributed by atoms with E-state index in [0.29, 0.717) is 0 Å². The van der Waals surface area contributed by atoms with Crippen LogP contribution in [-0.4, -0.2) is 35.5 Å². The van der Waals surface area contributed by atoms with E-state index in [0.717, 1.165) is 25.1 Å². The van der Waals surface area contributed by atoms with Gasteiger partial charge in [-0.1, -0.05) is 15.9 Å². The molecule has 1 radical (unpaired) electrons. The Balaban J connectivity index is 2.45. The van der Waals surface area contributed by atoms with Gasteiger partial charge in [-0.05, 0) is 13.8 Å².